The van der Waals surface area contributed by atoms with E-state index in [0.717, 1.165) is 30.3 Å². The summed E-state index contributed by atoms with van der Waals surface area (Å²) < 4.78 is 104. The highest BCUT2D eigenvalue weighted by Crippen LogP contribution is 2.48. The van der Waals surface area contributed by atoms with E-state index in [4.69, 9.17) is 11.5 Å². The molecule has 0 unspecified atom stereocenters. The van der Waals surface area contributed by atoms with E-state index in [9.17, 15) is 59.2 Å². The third-order valence-electron chi connectivity index (χ3n) is 9.16. The number of nitrogens with two attached hydrogens (primary N) is 2. The number of fused-ring (bicyclic) bond motifs is 2. The number of phenolic OH excluding ortho intramolecular Hbond substituents is 2. The molecule has 0 spiro atoms. The maximum Gasteiger partial charge on any atom is 0.296 e. The van der Waals surface area contributed by atoms with Gasteiger partial charge in [0.25, 0.3) is 25.9 Å². The maximum atomic E-state index is 12.5. The normalized spacial score (nSPS) is 12.6. The number of non-ortho nitro benzene ring substituents is 1. The van der Waals surface area contributed by atoms with E-state index in [-0.39, 0.29) is 39.2 Å². The van der Waals surface area contributed by atoms with Crippen molar-refractivity contribution in [2.24, 2.45) is 30.7 Å². The van der Waals surface area contributed by atoms with E-state index in [1.54, 1.807) is 36.4 Å². The van der Waals surface area contributed by atoms with Gasteiger partial charge in [-0.05, 0) is 82.6 Å². The average molecular weight is 913 g/mol. The van der Waals surface area contributed by atoms with E-state index >= 15 is 0 Å². The van der Waals surface area contributed by atoms with Gasteiger partial charge in [0.15, 0.2) is 5.75 Å². The SMILES string of the molecule is Nc1ccc2cc(S(=O)(=O)O)cc(O)c2c1N=Nc1ccc(-c2ccc(N=Nc3c(S(=O)(=O)O)cc4cc(S(=O)(=O)[O-])c(N=Nc5ccc([N+](=O)[O-])cc5)c(N)c4c3O)cc2)cc1. The molecule has 0 bridgehead atoms. The molecule has 0 atom stereocenters. The Kier molecular flexibility index (Phi) is 11.2. The van der Waals surface area contributed by atoms with Crippen LogP contribution >= 0.6 is 0 Å². The first kappa shape index (κ1) is 43.3. The summed E-state index contributed by atoms with van der Waals surface area (Å²) in [6.07, 6.45) is 0. The van der Waals surface area contributed by atoms with Crippen molar-refractivity contribution in [1.82, 2.24) is 0 Å². The molecule has 0 saturated carbocycles. The van der Waals surface area contributed by atoms with Crippen LogP contribution in [0.5, 0.6) is 11.5 Å². The number of nitrogen functional groups attached to an aromatic ring is 2. The predicted octanol–water partition coefficient (Wildman–Crippen LogP) is 8.79. The van der Waals surface area contributed by atoms with Gasteiger partial charge in [0, 0.05) is 18.2 Å². The summed E-state index contributed by atoms with van der Waals surface area (Å²) in [7, 11) is -15.2. The number of benzene rings is 7. The number of anilines is 2. The molecule has 63 heavy (non-hydrogen) atoms. The lowest BCUT2D eigenvalue weighted by atomic mass is 10.0. The maximum absolute atomic E-state index is 12.5. The first-order valence-electron chi connectivity index (χ1n) is 17.4. The number of aromatic hydroxyl groups is 2. The Morgan fingerprint density at radius 1 is 0.540 bits per heavy atom. The number of nitrogens with zero attached hydrogens (tertiary/aromatic N) is 7. The number of nitro benzene ring substituents is 1. The van der Waals surface area contributed by atoms with Crippen LogP contribution in [-0.2, 0) is 30.4 Å². The van der Waals surface area contributed by atoms with E-state index in [0.29, 0.717) is 22.9 Å². The van der Waals surface area contributed by atoms with Crippen molar-refractivity contribution < 1.29 is 54.0 Å². The van der Waals surface area contributed by atoms with Gasteiger partial charge in [-0.1, -0.05) is 30.3 Å². The molecule has 7 aromatic rings. The van der Waals surface area contributed by atoms with Crippen LogP contribution < -0.4 is 11.5 Å². The fourth-order valence-electron chi connectivity index (χ4n) is 6.17. The molecule has 0 heterocycles. The van der Waals surface area contributed by atoms with Crippen LogP contribution in [0.1, 0.15) is 0 Å². The van der Waals surface area contributed by atoms with Crippen molar-refractivity contribution in [3.05, 3.63) is 119 Å². The van der Waals surface area contributed by atoms with Gasteiger partial charge in [-0.2, -0.15) is 32.2 Å². The fraction of sp³-hybridized carbons (Fsp3) is 0. The van der Waals surface area contributed by atoms with Crippen molar-refractivity contribution >= 4 is 103 Å². The van der Waals surface area contributed by atoms with Gasteiger partial charge in [-0.3, -0.25) is 19.2 Å². The van der Waals surface area contributed by atoms with E-state index in [1.165, 1.54) is 36.4 Å². The number of rotatable bonds is 11. The molecular weight excluding hydrogens is 887 g/mol. The quantitative estimate of drug-likeness (QED) is 0.0232. The Morgan fingerprint density at radius 3 is 1.52 bits per heavy atom. The second-order valence-corrected chi connectivity index (χ2v) is 17.4. The number of azo groups is 3. The van der Waals surface area contributed by atoms with Gasteiger partial charge in [-0.25, -0.2) is 8.42 Å². The number of nitro groups is 1. The van der Waals surface area contributed by atoms with Crippen molar-refractivity contribution in [2.45, 2.75) is 14.7 Å². The predicted molar refractivity (Wildman–Crippen MR) is 225 cm³/mol. The van der Waals surface area contributed by atoms with Gasteiger partial charge in [0.1, 0.15) is 37.8 Å². The van der Waals surface area contributed by atoms with Gasteiger partial charge in [-0.15, -0.1) is 15.3 Å². The zero-order chi connectivity index (χ0) is 45.6. The summed E-state index contributed by atoms with van der Waals surface area (Å²) in [6.45, 7) is 0. The molecule has 0 fully saturated rings. The van der Waals surface area contributed by atoms with Crippen molar-refractivity contribution in [3.8, 4) is 22.6 Å². The Bertz CT molecular complexity index is 3480. The van der Waals surface area contributed by atoms with Gasteiger partial charge in [0.2, 0.25) is 0 Å². The number of phenols is 2. The van der Waals surface area contributed by atoms with Gasteiger partial charge in [0.05, 0.1) is 53.9 Å². The lowest BCUT2D eigenvalue weighted by Gasteiger charge is -2.16. The van der Waals surface area contributed by atoms with Gasteiger partial charge >= 0.3 is 0 Å². The molecule has 22 nitrogen and oxygen atoms in total. The summed E-state index contributed by atoms with van der Waals surface area (Å²) in [5.41, 5.74) is 11.8. The Balaban J connectivity index is 1.18. The minimum Gasteiger partial charge on any atom is -0.744 e. The molecule has 7 rings (SSSR count). The van der Waals surface area contributed by atoms with Crippen LogP contribution in [0.3, 0.4) is 0 Å². The molecule has 0 aliphatic rings. The highest BCUT2D eigenvalue weighted by molar-refractivity contribution is 7.86. The molecule has 0 saturated heterocycles. The van der Waals surface area contributed by atoms with Crippen LogP contribution in [0.4, 0.5) is 51.2 Å². The molecule has 0 aliphatic heterocycles. The van der Waals surface area contributed by atoms with E-state index in [2.05, 4.69) is 30.7 Å². The second-order valence-electron chi connectivity index (χ2n) is 13.2. The van der Waals surface area contributed by atoms with Gasteiger partial charge < -0.3 is 26.2 Å². The topological polar surface area (TPSA) is 376 Å². The molecular formula is C38H26N9O13S3-. The van der Waals surface area contributed by atoms with E-state index < -0.39 is 89.3 Å². The third kappa shape index (κ3) is 8.98. The lowest BCUT2D eigenvalue weighted by Crippen LogP contribution is -2.04. The Morgan fingerprint density at radius 2 is 1.03 bits per heavy atom. The lowest BCUT2D eigenvalue weighted by molar-refractivity contribution is -0.384. The smallest absolute Gasteiger partial charge is 0.296 e. The third-order valence-corrected chi connectivity index (χ3v) is 11.7. The second kappa shape index (κ2) is 16.2. The molecule has 0 radical (unpaired) electrons. The number of hydrogen-bond donors (Lipinski definition) is 6. The number of hydrogen-bond acceptors (Lipinski definition) is 19. The Labute approximate surface area is 354 Å². The Hall–Kier alpha value is -7.81. The van der Waals surface area contributed by atoms with Crippen molar-refractivity contribution in [3.63, 3.8) is 0 Å². The fourth-order valence-corrected chi connectivity index (χ4v) is 8.03. The van der Waals surface area contributed by atoms with Crippen molar-refractivity contribution in [2.75, 3.05) is 11.5 Å². The summed E-state index contributed by atoms with van der Waals surface area (Å²) in [5, 5.41) is 56.1. The highest BCUT2D eigenvalue weighted by atomic mass is 32.2. The van der Waals surface area contributed by atoms with Crippen LogP contribution in [0.25, 0.3) is 32.7 Å². The molecule has 25 heteroatoms. The largest absolute Gasteiger partial charge is 0.744 e. The van der Waals surface area contributed by atoms with Crippen LogP contribution in [-0.4, -0.2) is 54.0 Å². The van der Waals surface area contributed by atoms with E-state index in [1.807, 2.05) is 0 Å². The molecule has 0 aromatic heterocycles. The van der Waals surface area contributed by atoms with Crippen LogP contribution in [0.2, 0.25) is 0 Å². The first-order valence-corrected chi connectivity index (χ1v) is 21.7. The zero-order valence-corrected chi connectivity index (χ0v) is 33.8. The molecule has 320 valence electrons. The molecule has 7 aromatic carbocycles. The highest BCUT2D eigenvalue weighted by Gasteiger charge is 2.27. The zero-order valence-electron chi connectivity index (χ0n) is 31.4. The monoisotopic (exact) mass is 912 g/mol. The van der Waals surface area contributed by atoms with Crippen LogP contribution in [0.15, 0.2) is 155 Å². The first-order chi connectivity index (χ1) is 29.6. The summed E-state index contributed by atoms with van der Waals surface area (Å²) in [5.74, 6) is -1.49. The molecule has 8 N–H and O–H groups in total. The summed E-state index contributed by atoms with van der Waals surface area (Å²) in [6, 6.07) is 23.7. The van der Waals surface area contributed by atoms with Crippen LogP contribution in [0, 0.1) is 10.1 Å². The molecule has 0 aliphatic carbocycles. The van der Waals surface area contributed by atoms with Crippen molar-refractivity contribution in [1.29, 1.82) is 0 Å². The minimum atomic E-state index is -5.39. The summed E-state index contributed by atoms with van der Waals surface area (Å²) >= 11 is 0. The summed E-state index contributed by atoms with van der Waals surface area (Å²) in [4.78, 5) is 7.71. The molecule has 0 amide bonds. The average Bonchev–Trinajstić information content (AvgIpc) is 3.22. The minimum absolute atomic E-state index is 0.0184. The standard InChI is InChI=1S/C38H27N9O13S3/c39-28-14-5-21-15-27(61(52,53)54)18-29(48)32(21)35(28)44-41-23-6-1-19(2-7-23)20-3-8-24(9-4-20)43-46-37-31(63(58,59)60)17-22-16-30(62(55,56)57)36(34(40)33(22)38(37)49)45-42-25-10-12-26(13-11-25)47(50)51/h1-18,48-49H,39-40H2,(H,52,53,54)(H,55,56,57)(H,58,59,60)/p-1.